The summed E-state index contributed by atoms with van der Waals surface area (Å²) < 4.78 is 27.7. The number of rotatable bonds is 5. The molecule has 0 spiro atoms. The van der Waals surface area contributed by atoms with E-state index in [-0.39, 0.29) is 24.1 Å². The van der Waals surface area contributed by atoms with Gasteiger partial charge in [-0.3, -0.25) is 9.36 Å². The van der Waals surface area contributed by atoms with Gasteiger partial charge >= 0.3 is 6.03 Å². The molecule has 0 aliphatic carbocycles. The molecule has 26 heavy (non-hydrogen) atoms. The van der Waals surface area contributed by atoms with E-state index in [0.29, 0.717) is 12.2 Å². The Kier molecular flexibility index (Phi) is 5.30. The highest BCUT2D eigenvalue weighted by atomic mass is 32.2. The van der Waals surface area contributed by atoms with Gasteiger partial charge in [0.15, 0.2) is 9.84 Å². The van der Waals surface area contributed by atoms with Gasteiger partial charge in [-0.1, -0.05) is 6.92 Å². The number of hydrogen-bond donors (Lipinski definition) is 1. The second-order valence-electron chi connectivity index (χ2n) is 6.38. The van der Waals surface area contributed by atoms with Crippen LogP contribution in [-0.4, -0.2) is 57.0 Å². The predicted octanol–water partition coefficient (Wildman–Crippen LogP) is 1.51. The Morgan fingerprint density at radius 1 is 1.23 bits per heavy atom. The van der Waals surface area contributed by atoms with Crippen molar-refractivity contribution < 1.29 is 13.2 Å². The van der Waals surface area contributed by atoms with Gasteiger partial charge < -0.3 is 10.2 Å². The molecule has 3 heterocycles. The number of nitrogens with one attached hydrogen (secondary N) is 1. The van der Waals surface area contributed by atoms with E-state index < -0.39 is 15.9 Å². The SMILES string of the molecule is CCCn1cc(NC(=O)N2CCS(=O)(=O)C[C@H]2c2cnn(CC)c2)cn1. The summed E-state index contributed by atoms with van der Waals surface area (Å²) in [6.45, 7) is 5.61. The summed E-state index contributed by atoms with van der Waals surface area (Å²) in [6, 6.07) is -0.870. The van der Waals surface area contributed by atoms with Crippen molar-refractivity contribution in [2.24, 2.45) is 0 Å². The summed E-state index contributed by atoms with van der Waals surface area (Å²) in [5, 5.41) is 11.2. The molecule has 1 aliphatic heterocycles. The second-order valence-corrected chi connectivity index (χ2v) is 8.60. The van der Waals surface area contributed by atoms with Crippen LogP contribution in [-0.2, 0) is 22.9 Å². The van der Waals surface area contributed by atoms with E-state index in [2.05, 4.69) is 22.4 Å². The van der Waals surface area contributed by atoms with E-state index in [0.717, 1.165) is 18.5 Å². The van der Waals surface area contributed by atoms with E-state index in [1.807, 2.05) is 6.92 Å². The van der Waals surface area contributed by atoms with Gasteiger partial charge in [-0.25, -0.2) is 13.2 Å². The molecule has 1 saturated heterocycles. The number of aromatic nitrogens is 4. The summed E-state index contributed by atoms with van der Waals surface area (Å²) >= 11 is 0. The maximum atomic E-state index is 12.8. The zero-order chi connectivity index (χ0) is 18.7. The number of sulfone groups is 1. The lowest BCUT2D eigenvalue weighted by molar-refractivity contribution is 0.195. The summed E-state index contributed by atoms with van der Waals surface area (Å²) in [5.41, 5.74) is 1.33. The molecule has 2 aromatic rings. The lowest BCUT2D eigenvalue weighted by atomic mass is 10.1. The Hall–Kier alpha value is -2.36. The zero-order valence-electron chi connectivity index (χ0n) is 15.0. The fraction of sp³-hybridized carbons (Fsp3) is 0.562. The highest BCUT2D eigenvalue weighted by Crippen LogP contribution is 2.27. The quantitative estimate of drug-likeness (QED) is 0.847. The van der Waals surface area contributed by atoms with Crippen molar-refractivity contribution in [2.45, 2.75) is 39.4 Å². The fourth-order valence-electron chi connectivity index (χ4n) is 3.03. The third kappa shape index (κ3) is 4.06. The van der Waals surface area contributed by atoms with Gasteiger partial charge in [0.25, 0.3) is 0 Å². The van der Waals surface area contributed by atoms with Crippen LogP contribution in [0.1, 0.15) is 31.9 Å². The minimum Gasteiger partial charge on any atom is -0.315 e. The van der Waals surface area contributed by atoms with Gasteiger partial charge in [0.1, 0.15) is 0 Å². The van der Waals surface area contributed by atoms with Gasteiger partial charge in [0, 0.05) is 37.6 Å². The van der Waals surface area contributed by atoms with E-state index in [4.69, 9.17) is 0 Å². The highest BCUT2D eigenvalue weighted by Gasteiger charge is 2.36. The minimum absolute atomic E-state index is 0.0338. The summed E-state index contributed by atoms with van der Waals surface area (Å²) in [7, 11) is -3.20. The molecule has 2 amide bonds. The number of amides is 2. The number of carbonyl (C=O) groups excluding carboxylic acids is 1. The third-order valence-corrected chi connectivity index (χ3v) is 6.02. The Bertz CT molecular complexity index is 872. The van der Waals surface area contributed by atoms with E-state index >= 15 is 0 Å². The largest absolute Gasteiger partial charge is 0.322 e. The molecule has 2 aromatic heterocycles. The van der Waals surface area contributed by atoms with Crippen molar-refractivity contribution in [1.82, 2.24) is 24.5 Å². The predicted molar refractivity (Wildman–Crippen MR) is 97.5 cm³/mol. The normalized spacial score (nSPS) is 19.5. The maximum Gasteiger partial charge on any atom is 0.322 e. The first-order valence-electron chi connectivity index (χ1n) is 8.74. The van der Waals surface area contributed by atoms with Crippen LogP contribution >= 0.6 is 0 Å². The molecule has 1 N–H and O–H groups in total. The highest BCUT2D eigenvalue weighted by molar-refractivity contribution is 7.91. The van der Waals surface area contributed by atoms with Gasteiger partial charge in [0.05, 0.1) is 35.6 Å². The molecule has 0 unspecified atom stereocenters. The van der Waals surface area contributed by atoms with Crippen LogP contribution in [0.15, 0.2) is 24.8 Å². The summed E-state index contributed by atoms with van der Waals surface area (Å²) in [6.07, 6.45) is 7.74. The lowest BCUT2D eigenvalue weighted by Gasteiger charge is -2.34. The Labute approximate surface area is 152 Å². The van der Waals surface area contributed by atoms with Gasteiger partial charge in [-0.15, -0.1) is 0 Å². The molecule has 10 heteroatoms. The van der Waals surface area contributed by atoms with Crippen molar-refractivity contribution in [3.8, 4) is 0 Å². The van der Waals surface area contributed by atoms with Crippen LogP contribution in [0.25, 0.3) is 0 Å². The Morgan fingerprint density at radius 2 is 2.00 bits per heavy atom. The first-order valence-corrected chi connectivity index (χ1v) is 10.6. The number of aryl methyl sites for hydroxylation is 2. The number of anilines is 1. The lowest BCUT2D eigenvalue weighted by Crippen LogP contribution is -2.47. The van der Waals surface area contributed by atoms with Crippen LogP contribution in [0, 0.1) is 0 Å². The van der Waals surface area contributed by atoms with E-state index in [1.54, 1.807) is 39.1 Å². The molecule has 0 aromatic carbocycles. The van der Waals surface area contributed by atoms with Crippen molar-refractivity contribution >= 4 is 21.6 Å². The average molecular weight is 380 g/mol. The maximum absolute atomic E-state index is 12.8. The van der Waals surface area contributed by atoms with Gasteiger partial charge in [0.2, 0.25) is 0 Å². The molecule has 1 fully saturated rings. The van der Waals surface area contributed by atoms with Crippen molar-refractivity contribution in [3.63, 3.8) is 0 Å². The zero-order valence-corrected chi connectivity index (χ0v) is 15.8. The van der Waals surface area contributed by atoms with Gasteiger partial charge in [-0.05, 0) is 13.3 Å². The first-order chi connectivity index (χ1) is 12.4. The summed E-state index contributed by atoms with van der Waals surface area (Å²) in [5.74, 6) is -0.126. The summed E-state index contributed by atoms with van der Waals surface area (Å²) in [4.78, 5) is 14.3. The minimum atomic E-state index is -3.20. The van der Waals surface area contributed by atoms with Crippen LogP contribution in [0.3, 0.4) is 0 Å². The molecule has 0 radical (unpaired) electrons. The Morgan fingerprint density at radius 3 is 2.69 bits per heavy atom. The number of urea groups is 1. The number of carbonyl (C=O) groups is 1. The molecule has 9 nitrogen and oxygen atoms in total. The molecule has 1 atom stereocenters. The van der Waals surface area contributed by atoms with E-state index in [9.17, 15) is 13.2 Å². The second kappa shape index (κ2) is 7.48. The fourth-order valence-corrected chi connectivity index (χ4v) is 4.52. The smallest absolute Gasteiger partial charge is 0.315 e. The monoisotopic (exact) mass is 380 g/mol. The van der Waals surface area contributed by atoms with Crippen LogP contribution in [0.5, 0.6) is 0 Å². The number of hydrogen-bond acceptors (Lipinski definition) is 5. The van der Waals surface area contributed by atoms with Crippen molar-refractivity contribution in [1.29, 1.82) is 0 Å². The molecular formula is C16H24N6O3S. The molecule has 3 rings (SSSR count). The van der Waals surface area contributed by atoms with E-state index in [1.165, 1.54) is 0 Å². The van der Waals surface area contributed by atoms with Crippen LogP contribution in [0.2, 0.25) is 0 Å². The third-order valence-electron chi connectivity index (χ3n) is 4.39. The van der Waals surface area contributed by atoms with Crippen molar-refractivity contribution in [3.05, 3.63) is 30.4 Å². The molecule has 0 bridgehead atoms. The standard InChI is InChI=1S/C16H24N6O3S/c1-3-5-21-11-14(9-18-21)19-16(23)22-6-7-26(24,25)12-15(22)13-8-17-20(4-2)10-13/h8-11,15H,3-7,12H2,1-2H3,(H,19,23)/t15-/m0/s1. The molecule has 1 aliphatic rings. The molecular weight excluding hydrogens is 356 g/mol. The number of nitrogens with zero attached hydrogens (tertiary/aromatic N) is 5. The van der Waals surface area contributed by atoms with Crippen molar-refractivity contribution in [2.75, 3.05) is 23.4 Å². The first kappa shape index (κ1) is 18.4. The molecule has 142 valence electrons. The van der Waals surface area contributed by atoms with Crippen LogP contribution in [0.4, 0.5) is 10.5 Å². The van der Waals surface area contributed by atoms with Gasteiger partial charge in [-0.2, -0.15) is 10.2 Å². The molecule has 0 saturated carbocycles. The topological polar surface area (TPSA) is 102 Å². The average Bonchev–Trinajstić information content (AvgIpc) is 3.23. The van der Waals surface area contributed by atoms with Crippen LogP contribution < -0.4 is 5.32 Å². The Balaban J connectivity index is 1.79.